The van der Waals surface area contributed by atoms with Crippen molar-refractivity contribution in [3.05, 3.63) is 311 Å². The lowest BCUT2D eigenvalue weighted by Gasteiger charge is -2.12. The van der Waals surface area contributed by atoms with Crippen LogP contribution in [0, 0.1) is 48.5 Å². The van der Waals surface area contributed by atoms with Gasteiger partial charge in [-0.1, -0.05) is 278 Å². The van der Waals surface area contributed by atoms with Crippen LogP contribution in [0.25, 0.3) is 65.8 Å². The Kier molecular flexibility index (Phi) is 19.0. The molecule has 11 aromatic rings. The predicted octanol–water partition coefficient (Wildman–Crippen LogP) is 20.9. The summed E-state index contributed by atoms with van der Waals surface area (Å²) >= 11 is 0. The van der Waals surface area contributed by atoms with E-state index in [0.29, 0.717) is 0 Å². The third-order valence-corrected chi connectivity index (χ3v) is 13.5. The molecule has 0 fully saturated rings. The standard InChI is InChI=1S/C22H22.C19H14.C17H17N.C9H10.C7H8/c1-15-9-10-19(13-17(15)3)20-11-12-22(18(4)14-20)21-8-6-5-7-16(21)2;1-13-10-11-18-16-8-3-2-6-14(16)15-7-4-5-9-17(15)19(18)12-13;1-13-8-7-11-17(12-13)15(3)18-14(2)16-9-5-4-6-10-16;1-8(2)9-6-4-3-5-7-9;1-7-5-3-2-4-6-7/h5-14H,1-4H3;2-12H,1H3;4-12H,2H2,1,3H3;3-7H,1H2,2H3;2-6H,1H3. The Balaban J connectivity index is 0.000000144. The van der Waals surface area contributed by atoms with E-state index in [9.17, 15) is 0 Å². The maximum atomic E-state index is 4.58. The van der Waals surface area contributed by atoms with E-state index in [1.807, 2.05) is 80.6 Å². The quantitative estimate of drug-likeness (QED) is 0.116. The lowest BCUT2D eigenvalue weighted by Crippen LogP contribution is -1.95. The highest BCUT2D eigenvalue weighted by molar-refractivity contribution is 6.25. The SMILES string of the molecule is C=C(C)c1ccccc1.C=C(N=C(C)c1cccc(C)c1)c1ccccc1.Cc1ccc(-c2ccc(-c3ccccc3C)c(C)c2)cc1C.Cc1ccc2c3ccccc3c3ccccc3c2c1.Cc1ccccc1. The van der Waals surface area contributed by atoms with Crippen LogP contribution in [0.15, 0.2) is 261 Å². The molecule has 0 aromatic heterocycles. The number of fused-ring (bicyclic) bond motifs is 6. The molecule has 0 atom stereocenters. The molecule has 1 nitrogen and oxygen atoms in total. The molecule has 0 aliphatic carbocycles. The van der Waals surface area contributed by atoms with Gasteiger partial charge in [-0.15, -0.1) is 0 Å². The Morgan fingerprint density at radius 2 is 0.733 bits per heavy atom. The van der Waals surface area contributed by atoms with Gasteiger partial charge in [0.1, 0.15) is 0 Å². The summed E-state index contributed by atoms with van der Waals surface area (Å²) in [5.41, 5.74) is 20.8. The highest BCUT2D eigenvalue weighted by atomic mass is 14.7. The molecule has 11 aromatic carbocycles. The first-order valence-electron chi connectivity index (χ1n) is 25.9. The summed E-state index contributed by atoms with van der Waals surface area (Å²) in [6.07, 6.45) is 0. The van der Waals surface area contributed by atoms with Gasteiger partial charge >= 0.3 is 0 Å². The number of rotatable bonds is 6. The molecule has 372 valence electrons. The summed E-state index contributed by atoms with van der Waals surface area (Å²) < 4.78 is 0. The first kappa shape index (κ1) is 54.1. The molecule has 75 heavy (non-hydrogen) atoms. The van der Waals surface area contributed by atoms with Crippen molar-refractivity contribution in [3.63, 3.8) is 0 Å². The van der Waals surface area contributed by atoms with Gasteiger partial charge in [0, 0.05) is 5.71 Å². The van der Waals surface area contributed by atoms with Crippen molar-refractivity contribution in [2.75, 3.05) is 0 Å². The van der Waals surface area contributed by atoms with E-state index in [-0.39, 0.29) is 0 Å². The number of aryl methyl sites for hydroxylation is 7. The van der Waals surface area contributed by atoms with Crippen molar-refractivity contribution in [2.45, 2.75) is 62.3 Å². The number of benzene rings is 11. The minimum atomic E-state index is 0.801. The van der Waals surface area contributed by atoms with Crippen LogP contribution in [0.2, 0.25) is 0 Å². The van der Waals surface area contributed by atoms with Crippen LogP contribution in [0.1, 0.15) is 69.5 Å². The van der Waals surface area contributed by atoms with Crippen LogP contribution in [-0.4, -0.2) is 5.71 Å². The zero-order valence-electron chi connectivity index (χ0n) is 45.5. The molecule has 0 saturated heterocycles. The molecule has 0 amide bonds. The molecular weight excluding hydrogens is 903 g/mol. The second-order valence-corrected chi connectivity index (χ2v) is 19.5. The number of hydrogen-bond donors (Lipinski definition) is 0. The summed E-state index contributed by atoms with van der Waals surface area (Å²) in [6.45, 7) is 26.9. The second kappa shape index (κ2) is 26.3. The van der Waals surface area contributed by atoms with E-state index in [4.69, 9.17) is 0 Å². The third kappa shape index (κ3) is 14.7. The van der Waals surface area contributed by atoms with Crippen molar-refractivity contribution in [1.29, 1.82) is 0 Å². The zero-order chi connectivity index (χ0) is 53.3. The van der Waals surface area contributed by atoms with Crippen LogP contribution in [0.5, 0.6) is 0 Å². The van der Waals surface area contributed by atoms with Gasteiger partial charge in [-0.3, -0.25) is 4.99 Å². The summed E-state index contributed by atoms with van der Waals surface area (Å²) in [4.78, 5) is 4.58. The summed E-state index contributed by atoms with van der Waals surface area (Å²) in [7, 11) is 0. The van der Waals surface area contributed by atoms with Crippen molar-refractivity contribution in [1.82, 2.24) is 0 Å². The monoisotopic (exact) mass is 974 g/mol. The van der Waals surface area contributed by atoms with E-state index in [1.54, 1.807) is 0 Å². The Morgan fingerprint density at radius 3 is 1.24 bits per heavy atom. The molecular formula is C74H71N. The minimum absolute atomic E-state index is 0.801. The Labute approximate surface area is 448 Å². The Bertz CT molecular complexity index is 3670. The largest absolute Gasteiger partial charge is 0.253 e. The summed E-state index contributed by atoms with van der Waals surface area (Å²) in [6, 6.07) is 85.0. The molecule has 0 N–H and O–H groups in total. The average molecular weight is 974 g/mol. The van der Waals surface area contributed by atoms with Gasteiger partial charge in [-0.2, -0.15) is 0 Å². The van der Waals surface area contributed by atoms with Crippen molar-refractivity contribution < 1.29 is 0 Å². The zero-order valence-corrected chi connectivity index (χ0v) is 45.5. The van der Waals surface area contributed by atoms with Gasteiger partial charge in [0.05, 0.1) is 5.70 Å². The summed E-state index contributed by atoms with van der Waals surface area (Å²) in [5, 5.41) is 8.08. The Hall–Kier alpha value is -8.65. The minimum Gasteiger partial charge on any atom is -0.253 e. The lowest BCUT2D eigenvalue weighted by molar-refractivity contribution is 1.34. The molecule has 0 unspecified atom stereocenters. The van der Waals surface area contributed by atoms with E-state index in [0.717, 1.165) is 28.1 Å². The van der Waals surface area contributed by atoms with Crippen LogP contribution in [-0.2, 0) is 0 Å². The average Bonchev–Trinajstić information content (AvgIpc) is 3.44. The normalized spacial score (nSPS) is 10.7. The fourth-order valence-corrected chi connectivity index (χ4v) is 9.05. The molecule has 0 spiro atoms. The van der Waals surface area contributed by atoms with Crippen LogP contribution >= 0.6 is 0 Å². The van der Waals surface area contributed by atoms with E-state index < -0.39 is 0 Å². The van der Waals surface area contributed by atoms with Crippen LogP contribution in [0.3, 0.4) is 0 Å². The molecule has 0 radical (unpaired) electrons. The smallest absolute Gasteiger partial charge is 0.0633 e. The van der Waals surface area contributed by atoms with Gasteiger partial charge in [-0.25, -0.2) is 0 Å². The number of nitrogens with zero attached hydrogens (tertiary/aromatic N) is 1. The van der Waals surface area contributed by atoms with Gasteiger partial charge in [0.15, 0.2) is 0 Å². The Morgan fingerprint density at radius 1 is 0.293 bits per heavy atom. The van der Waals surface area contributed by atoms with Crippen LogP contribution < -0.4 is 0 Å². The predicted molar refractivity (Wildman–Crippen MR) is 331 cm³/mol. The lowest BCUT2D eigenvalue weighted by atomic mass is 9.93. The molecule has 11 rings (SSSR count). The number of allylic oxidation sites excluding steroid dienone is 1. The maximum Gasteiger partial charge on any atom is 0.0633 e. The first-order chi connectivity index (χ1) is 36.3. The van der Waals surface area contributed by atoms with Gasteiger partial charge in [-0.05, 0) is 156 Å². The van der Waals surface area contributed by atoms with Crippen molar-refractivity contribution in [2.24, 2.45) is 4.99 Å². The van der Waals surface area contributed by atoms with Crippen molar-refractivity contribution >= 4 is 49.3 Å². The summed E-state index contributed by atoms with van der Waals surface area (Å²) in [5.74, 6) is 0. The highest BCUT2D eigenvalue weighted by Gasteiger charge is 2.09. The van der Waals surface area contributed by atoms with E-state index in [2.05, 4.69) is 243 Å². The van der Waals surface area contributed by atoms with Gasteiger partial charge < -0.3 is 0 Å². The van der Waals surface area contributed by atoms with Crippen molar-refractivity contribution in [3.8, 4) is 22.3 Å². The molecule has 0 heterocycles. The number of aliphatic imine (C=N–C) groups is 1. The molecule has 1 heteroatoms. The van der Waals surface area contributed by atoms with Crippen LogP contribution in [0.4, 0.5) is 0 Å². The van der Waals surface area contributed by atoms with Gasteiger partial charge in [0.25, 0.3) is 0 Å². The van der Waals surface area contributed by atoms with Gasteiger partial charge in [0.2, 0.25) is 0 Å². The third-order valence-electron chi connectivity index (χ3n) is 13.5. The molecule has 0 bridgehead atoms. The topological polar surface area (TPSA) is 12.4 Å². The maximum absolute atomic E-state index is 4.58. The fourth-order valence-electron chi connectivity index (χ4n) is 9.05. The first-order valence-corrected chi connectivity index (χ1v) is 25.9. The molecule has 0 saturated carbocycles. The fraction of sp³-hybridized carbons (Fsp3) is 0.122. The second-order valence-electron chi connectivity index (χ2n) is 19.5. The number of hydrogen-bond acceptors (Lipinski definition) is 1. The molecule has 0 aliphatic rings. The van der Waals surface area contributed by atoms with E-state index in [1.165, 1.54) is 99.1 Å². The highest BCUT2D eigenvalue weighted by Crippen LogP contribution is 2.35. The molecule has 0 aliphatic heterocycles. The van der Waals surface area contributed by atoms with E-state index >= 15 is 0 Å².